The van der Waals surface area contributed by atoms with Gasteiger partial charge in [0.25, 0.3) is 0 Å². The van der Waals surface area contributed by atoms with E-state index in [-0.39, 0.29) is 0 Å². The third-order valence-electron chi connectivity index (χ3n) is 3.69. The van der Waals surface area contributed by atoms with Crippen LogP contribution in [0.3, 0.4) is 0 Å². The minimum atomic E-state index is 0.471. The van der Waals surface area contributed by atoms with Gasteiger partial charge in [-0.3, -0.25) is 4.90 Å². The second-order valence-corrected chi connectivity index (χ2v) is 5.33. The third kappa shape index (κ3) is 2.82. The van der Waals surface area contributed by atoms with E-state index in [0.717, 1.165) is 37.8 Å². The number of benzene rings is 1. The lowest BCUT2D eigenvalue weighted by molar-refractivity contribution is 0.208. The Bertz CT molecular complexity index is 525. The van der Waals surface area contributed by atoms with Crippen LogP contribution < -0.4 is 0 Å². The van der Waals surface area contributed by atoms with Gasteiger partial charge in [0.05, 0.1) is 6.54 Å². The van der Waals surface area contributed by atoms with Gasteiger partial charge in [0.1, 0.15) is 12.2 Å². The van der Waals surface area contributed by atoms with Gasteiger partial charge >= 0.3 is 0 Å². The van der Waals surface area contributed by atoms with E-state index in [4.69, 9.17) is 0 Å². The Balaban J connectivity index is 1.68. The average molecular weight is 274 g/mol. The molecule has 1 aromatic heterocycles. The number of thiol groups is 1. The first-order chi connectivity index (χ1) is 9.36. The van der Waals surface area contributed by atoms with Crippen molar-refractivity contribution in [1.29, 1.82) is 0 Å². The number of hydrogen-bond acceptors (Lipinski definition) is 4. The first-order valence-corrected chi connectivity index (χ1v) is 7.25. The Morgan fingerprint density at radius 3 is 2.84 bits per heavy atom. The molecule has 1 aliphatic rings. The maximum absolute atomic E-state index is 4.51. The first-order valence-electron chi connectivity index (χ1n) is 6.61. The minimum absolute atomic E-state index is 0.471. The summed E-state index contributed by atoms with van der Waals surface area (Å²) >= 11 is 4.51. The van der Waals surface area contributed by atoms with Gasteiger partial charge in [-0.05, 0) is 11.3 Å². The van der Waals surface area contributed by atoms with Crippen molar-refractivity contribution in [2.24, 2.45) is 0 Å². The predicted octanol–water partition coefficient (Wildman–Crippen LogP) is 1.81. The molecule has 0 spiro atoms. The fourth-order valence-corrected chi connectivity index (χ4v) is 2.90. The highest BCUT2D eigenvalue weighted by molar-refractivity contribution is 7.80. The summed E-state index contributed by atoms with van der Waals surface area (Å²) in [7, 11) is 0. The molecule has 3 rings (SSSR count). The molecule has 5 heteroatoms. The SMILES string of the molecule is SCC(CN1CCn2cnnc2C1)c1ccccc1. The van der Waals surface area contributed by atoms with Crippen molar-refractivity contribution >= 4 is 12.6 Å². The molecular formula is C14H18N4S. The Kier molecular flexibility index (Phi) is 3.84. The molecular weight excluding hydrogens is 256 g/mol. The molecule has 2 aromatic rings. The summed E-state index contributed by atoms with van der Waals surface area (Å²) < 4.78 is 2.13. The van der Waals surface area contributed by atoms with E-state index < -0.39 is 0 Å². The second kappa shape index (κ2) is 5.75. The second-order valence-electron chi connectivity index (χ2n) is 4.97. The van der Waals surface area contributed by atoms with Crippen LogP contribution in [-0.4, -0.2) is 38.5 Å². The van der Waals surface area contributed by atoms with Crippen molar-refractivity contribution in [3.05, 3.63) is 48.0 Å². The van der Waals surface area contributed by atoms with Crippen molar-refractivity contribution in [2.45, 2.75) is 19.0 Å². The van der Waals surface area contributed by atoms with Gasteiger partial charge in [0.15, 0.2) is 0 Å². The number of fused-ring (bicyclic) bond motifs is 1. The van der Waals surface area contributed by atoms with E-state index in [0.29, 0.717) is 5.92 Å². The van der Waals surface area contributed by atoms with Crippen LogP contribution in [-0.2, 0) is 13.1 Å². The summed E-state index contributed by atoms with van der Waals surface area (Å²) in [5.74, 6) is 2.41. The van der Waals surface area contributed by atoms with Gasteiger partial charge in [-0.1, -0.05) is 30.3 Å². The van der Waals surface area contributed by atoms with E-state index in [2.05, 4.69) is 62.6 Å². The molecule has 1 unspecified atom stereocenters. The molecule has 0 aliphatic carbocycles. The average Bonchev–Trinajstić information content (AvgIpc) is 2.93. The Morgan fingerprint density at radius 1 is 1.21 bits per heavy atom. The number of aromatic nitrogens is 3. The molecule has 2 heterocycles. The van der Waals surface area contributed by atoms with Gasteiger partial charge < -0.3 is 4.57 Å². The molecule has 0 bridgehead atoms. The zero-order valence-corrected chi connectivity index (χ0v) is 11.7. The van der Waals surface area contributed by atoms with Crippen molar-refractivity contribution in [3.8, 4) is 0 Å². The molecule has 1 aromatic carbocycles. The Labute approximate surface area is 118 Å². The van der Waals surface area contributed by atoms with Crippen molar-refractivity contribution in [3.63, 3.8) is 0 Å². The van der Waals surface area contributed by atoms with Crippen LogP contribution in [0.4, 0.5) is 0 Å². The molecule has 0 radical (unpaired) electrons. The van der Waals surface area contributed by atoms with Crippen LogP contribution in [0.15, 0.2) is 36.7 Å². The summed E-state index contributed by atoms with van der Waals surface area (Å²) in [6.45, 7) is 3.95. The molecule has 0 saturated heterocycles. The third-order valence-corrected chi connectivity index (χ3v) is 4.13. The summed E-state index contributed by atoms with van der Waals surface area (Å²) in [5.41, 5.74) is 1.37. The summed E-state index contributed by atoms with van der Waals surface area (Å²) in [6.07, 6.45) is 1.82. The number of rotatable bonds is 4. The predicted molar refractivity (Wildman–Crippen MR) is 78.3 cm³/mol. The highest BCUT2D eigenvalue weighted by Crippen LogP contribution is 2.20. The maximum Gasteiger partial charge on any atom is 0.147 e. The van der Waals surface area contributed by atoms with E-state index in [1.165, 1.54) is 5.56 Å². The van der Waals surface area contributed by atoms with Crippen LogP contribution in [0.1, 0.15) is 17.3 Å². The van der Waals surface area contributed by atoms with Crippen LogP contribution in [0.25, 0.3) is 0 Å². The topological polar surface area (TPSA) is 34.0 Å². The first kappa shape index (κ1) is 12.7. The van der Waals surface area contributed by atoms with E-state index in [1.54, 1.807) is 0 Å². The standard InChI is InChI=1S/C14H18N4S/c19-10-13(12-4-2-1-3-5-12)8-17-6-7-18-11-15-16-14(18)9-17/h1-5,11,13,19H,6-10H2. The molecule has 4 nitrogen and oxygen atoms in total. The van der Waals surface area contributed by atoms with Gasteiger partial charge in [-0.2, -0.15) is 12.6 Å². The van der Waals surface area contributed by atoms with Crippen LogP contribution in [0, 0.1) is 0 Å². The monoisotopic (exact) mass is 274 g/mol. The lowest BCUT2D eigenvalue weighted by Gasteiger charge is -2.30. The number of hydrogen-bond donors (Lipinski definition) is 1. The van der Waals surface area contributed by atoms with Crippen LogP contribution >= 0.6 is 12.6 Å². The number of nitrogens with zero attached hydrogens (tertiary/aromatic N) is 4. The lowest BCUT2D eigenvalue weighted by Crippen LogP contribution is -2.36. The van der Waals surface area contributed by atoms with Gasteiger partial charge in [0.2, 0.25) is 0 Å². The Morgan fingerprint density at radius 2 is 2.05 bits per heavy atom. The quantitative estimate of drug-likeness (QED) is 0.863. The molecule has 0 saturated carbocycles. The summed E-state index contributed by atoms with van der Waals surface area (Å²) in [6, 6.07) is 10.6. The van der Waals surface area contributed by atoms with Crippen molar-refractivity contribution in [1.82, 2.24) is 19.7 Å². The summed E-state index contributed by atoms with van der Waals surface area (Å²) in [4.78, 5) is 2.44. The lowest BCUT2D eigenvalue weighted by atomic mass is 10.0. The van der Waals surface area contributed by atoms with E-state index >= 15 is 0 Å². The molecule has 1 atom stereocenters. The Hall–Kier alpha value is -1.33. The minimum Gasteiger partial charge on any atom is -0.315 e. The van der Waals surface area contributed by atoms with Crippen LogP contribution in [0.2, 0.25) is 0 Å². The molecule has 0 amide bonds. The van der Waals surface area contributed by atoms with Crippen LogP contribution in [0.5, 0.6) is 0 Å². The van der Waals surface area contributed by atoms with Crippen molar-refractivity contribution in [2.75, 3.05) is 18.8 Å². The normalized spacial score (nSPS) is 17.1. The molecule has 0 N–H and O–H groups in total. The zero-order valence-electron chi connectivity index (χ0n) is 10.8. The highest BCUT2D eigenvalue weighted by Gasteiger charge is 2.20. The fraction of sp³-hybridized carbons (Fsp3) is 0.429. The van der Waals surface area contributed by atoms with E-state index in [1.807, 2.05) is 6.33 Å². The fourth-order valence-electron chi connectivity index (χ4n) is 2.58. The van der Waals surface area contributed by atoms with Gasteiger partial charge in [-0.15, -0.1) is 10.2 Å². The molecule has 100 valence electrons. The molecule has 19 heavy (non-hydrogen) atoms. The maximum atomic E-state index is 4.51. The molecule has 1 aliphatic heterocycles. The van der Waals surface area contributed by atoms with Gasteiger partial charge in [0, 0.05) is 25.6 Å². The van der Waals surface area contributed by atoms with Crippen molar-refractivity contribution < 1.29 is 0 Å². The molecule has 0 fully saturated rings. The summed E-state index contributed by atoms with van der Waals surface area (Å²) in [5, 5.41) is 8.13. The smallest absolute Gasteiger partial charge is 0.147 e. The van der Waals surface area contributed by atoms with E-state index in [9.17, 15) is 0 Å². The van der Waals surface area contributed by atoms with Gasteiger partial charge in [-0.25, -0.2) is 0 Å². The zero-order chi connectivity index (χ0) is 13.1. The highest BCUT2D eigenvalue weighted by atomic mass is 32.1. The largest absolute Gasteiger partial charge is 0.315 e.